The second kappa shape index (κ2) is 4.84. The minimum atomic E-state index is -0.624. The number of ether oxygens (including phenoxy) is 1. The molecule has 3 nitrogen and oxygen atoms in total. The van der Waals surface area contributed by atoms with E-state index in [0.29, 0.717) is 19.4 Å². The van der Waals surface area contributed by atoms with Crippen LogP contribution in [-0.2, 0) is 16.0 Å². The van der Waals surface area contributed by atoms with Crippen LogP contribution in [0.2, 0.25) is 0 Å². The van der Waals surface area contributed by atoms with Gasteiger partial charge in [-0.25, -0.2) is 4.79 Å². The highest BCUT2D eigenvalue weighted by Crippen LogP contribution is 2.40. The van der Waals surface area contributed by atoms with Gasteiger partial charge < -0.3 is 9.64 Å². The van der Waals surface area contributed by atoms with Crippen LogP contribution in [0.3, 0.4) is 0 Å². The summed E-state index contributed by atoms with van der Waals surface area (Å²) in [6, 6.07) is 8.10. The Morgan fingerprint density at radius 1 is 1.56 bits per heavy atom. The van der Waals surface area contributed by atoms with Crippen molar-refractivity contribution in [2.24, 2.45) is 0 Å². The third-order valence-electron chi connectivity index (χ3n) is 3.62. The van der Waals surface area contributed by atoms with Crippen LogP contribution in [0.15, 0.2) is 36.9 Å². The Hall–Kier alpha value is -1.77. The molecule has 1 atom stereocenters. The van der Waals surface area contributed by atoms with Gasteiger partial charge in [0, 0.05) is 19.2 Å². The van der Waals surface area contributed by atoms with Crippen molar-refractivity contribution in [2.45, 2.75) is 25.3 Å². The fourth-order valence-corrected chi connectivity index (χ4v) is 2.66. The van der Waals surface area contributed by atoms with Crippen molar-refractivity contribution < 1.29 is 9.53 Å². The molecule has 1 aromatic rings. The second-order valence-corrected chi connectivity index (χ2v) is 4.61. The van der Waals surface area contributed by atoms with Gasteiger partial charge in [0.25, 0.3) is 0 Å². The summed E-state index contributed by atoms with van der Waals surface area (Å²) >= 11 is 0. The Bertz CT molecular complexity index is 469. The van der Waals surface area contributed by atoms with E-state index >= 15 is 0 Å². The molecule has 0 bridgehead atoms. The van der Waals surface area contributed by atoms with Gasteiger partial charge in [-0.05, 0) is 25.0 Å². The van der Waals surface area contributed by atoms with Crippen molar-refractivity contribution in [3.63, 3.8) is 0 Å². The van der Waals surface area contributed by atoms with Crippen LogP contribution in [-0.4, -0.2) is 25.2 Å². The Morgan fingerprint density at radius 3 is 2.89 bits per heavy atom. The highest BCUT2D eigenvalue weighted by molar-refractivity contribution is 5.89. The molecule has 3 heteroatoms. The molecule has 0 saturated carbocycles. The van der Waals surface area contributed by atoms with Gasteiger partial charge in [0.05, 0.1) is 6.61 Å². The number of para-hydroxylation sites is 1. The summed E-state index contributed by atoms with van der Waals surface area (Å²) in [6.07, 6.45) is 3.07. The molecule has 1 aliphatic heterocycles. The molecular weight excluding hydrogens is 226 g/mol. The number of benzene rings is 1. The number of carbonyl (C=O) groups excluding carboxylic acids is 1. The van der Waals surface area contributed by atoms with Crippen molar-refractivity contribution in [3.8, 4) is 0 Å². The maximum Gasteiger partial charge on any atom is 0.332 e. The monoisotopic (exact) mass is 245 g/mol. The lowest BCUT2D eigenvalue weighted by molar-refractivity contribution is -0.149. The highest BCUT2D eigenvalue weighted by Gasteiger charge is 2.48. The molecule has 18 heavy (non-hydrogen) atoms. The number of hydrogen-bond donors (Lipinski definition) is 0. The average molecular weight is 245 g/mol. The van der Waals surface area contributed by atoms with Gasteiger partial charge in [-0.15, -0.1) is 6.58 Å². The standard InChI is InChI=1S/C15H19NO2/c1-4-10-15(14(17)18-5-2)11-12-8-6-7-9-13(12)16(15)3/h4,6-9H,1,5,10-11H2,2-3H3. The van der Waals surface area contributed by atoms with Crippen LogP contribution in [0.5, 0.6) is 0 Å². The van der Waals surface area contributed by atoms with Crippen LogP contribution < -0.4 is 4.90 Å². The summed E-state index contributed by atoms with van der Waals surface area (Å²) in [5.41, 5.74) is 1.67. The number of fused-ring (bicyclic) bond motifs is 1. The van der Waals surface area contributed by atoms with Crippen molar-refractivity contribution in [1.29, 1.82) is 0 Å². The fourth-order valence-electron chi connectivity index (χ4n) is 2.66. The Kier molecular flexibility index (Phi) is 3.41. The lowest BCUT2D eigenvalue weighted by atomic mass is 9.90. The van der Waals surface area contributed by atoms with E-state index in [-0.39, 0.29) is 5.97 Å². The van der Waals surface area contributed by atoms with E-state index in [4.69, 9.17) is 4.74 Å². The van der Waals surface area contributed by atoms with Gasteiger partial charge in [-0.3, -0.25) is 0 Å². The van der Waals surface area contributed by atoms with Crippen LogP contribution in [0, 0.1) is 0 Å². The molecule has 0 N–H and O–H groups in total. The summed E-state index contributed by atoms with van der Waals surface area (Å²) in [6.45, 7) is 6.01. The molecule has 0 aromatic heterocycles. The molecule has 0 fully saturated rings. The summed E-state index contributed by atoms with van der Waals surface area (Å²) < 4.78 is 5.25. The fraction of sp³-hybridized carbons (Fsp3) is 0.400. The summed E-state index contributed by atoms with van der Waals surface area (Å²) in [5, 5.41) is 0. The predicted octanol–water partition coefficient (Wildman–Crippen LogP) is 2.56. The van der Waals surface area contributed by atoms with Crippen LogP contribution in [0.25, 0.3) is 0 Å². The zero-order valence-electron chi connectivity index (χ0n) is 11.0. The minimum Gasteiger partial charge on any atom is -0.464 e. The molecule has 1 heterocycles. The molecule has 0 aliphatic carbocycles. The average Bonchev–Trinajstić information content (AvgIpc) is 2.65. The van der Waals surface area contributed by atoms with Gasteiger partial charge in [0.1, 0.15) is 5.54 Å². The summed E-state index contributed by atoms with van der Waals surface area (Å²) in [5.74, 6) is -0.163. The van der Waals surface area contributed by atoms with Gasteiger partial charge >= 0.3 is 5.97 Å². The van der Waals surface area contributed by atoms with E-state index in [1.54, 1.807) is 6.08 Å². The third-order valence-corrected chi connectivity index (χ3v) is 3.62. The second-order valence-electron chi connectivity index (χ2n) is 4.61. The molecule has 0 radical (unpaired) electrons. The maximum absolute atomic E-state index is 12.3. The molecule has 0 amide bonds. The van der Waals surface area contributed by atoms with E-state index in [1.807, 2.05) is 37.1 Å². The lowest BCUT2D eigenvalue weighted by Crippen LogP contribution is -2.52. The molecule has 1 aromatic carbocycles. The van der Waals surface area contributed by atoms with E-state index in [2.05, 4.69) is 12.6 Å². The van der Waals surface area contributed by atoms with E-state index in [0.717, 1.165) is 5.69 Å². The number of anilines is 1. The first-order valence-electron chi connectivity index (χ1n) is 6.25. The highest BCUT2D eigenvalue weighted by atomic mass is 16.5. The van der Waals surface area contributed by atoms with Gasteiger partial charge in [0.15, 0.2) is 0 Å². The van der Waals surface area contributed by atoms with Crippen LogP contribution in [0.4, 0.5) is 5.69 Å². The van der Waals surface area contributed by atoms with E-state index in [9.17, 15) is 4.79 Å². The first kappa shape index (κ1) is 12.7. The van der Waals surface area contributed by atoms with Gasteiger partial charge in [-0.1, -0.05) is 24.3 Å². The summed E-state index contributed by atoms with van der Waals surface area (Å²) in [4.78, 5) is 14.4. The Balaban J connectivity index is 2.40. The topological polar surface area (TPSA) is 29.5 Å². The number of nitrogens with zero attached hydrogens (tertiary/aromatic N) is 1. The SMILES string of the molecule is C=CCC1(C(=O)OCC)Cc2ccccc2N1C. The van der Waals surface area contributed by atoms with Gasteiger partial charge in [0.2, 0.25) is 0 Å². The summed E-state index contributed by atoms with van der Waals surface area (Å²) in [7, 11) is 1.95. The Morgan fingerprint density at radius 2 is 2.28 bits per heavy atom. The molecular formula is C15H19NO2. The molecule has 1 unspecified atom stereocenters. The van der Waals surface area contributed by atoms with Gasteiger partial charge in [-0.2, -0.15) is 0 Å². The first-order valence-corrected chi connectivity index (χ1v) is 6.25. The number of esters is 1. The molecule has 0 saturated heterocycles. The molecule has 2 rings (SSSR count). The number of hydrogen-bond acceptors (Lipinski definition) is 3. The quantitative estimate of drug-likeness (QED) is 0.603. The normalized spacial score (nSPS) is 21.6. The number of likely N-dealkylation sites (N-methyl/N-ethyl adjacent to an activating group) is 1. The van der Waals surface area contributed by atoms with Crippen LogP contribution >= 0.6 is 0 Å². The van der Waals surface area contributed by atoms with E-state index < -0.39 is 5.54 Å². The molecule has 1 aliphatic rings. The smallest absolute Gasteiger partial charge is 0.332 e. The third kappa shape index (κ3) is 1.80. The van der Waals surface area contributed by atoms with Crippen molar-refractivity contribution in [1.82, 2.24) is 0 Å². The van der Waals surface area contributed by atoms with Crippen molar-refractivity contribution >= 4 is 11.7 Å². The predicted molar refractivity (Wildman–Crippen MR) is 72.7 cm³/mol. The Labute approximate surface area is 108 Å². The number of carbonyl (C=O) groups is 1. The van der Waals surface area contributed by atoms with Crippen molar-refractivity contribution in [2.75, 3.05) is 18.6 Å². The van der Waals surface area contributed by atoms with Crippen LogP contribution in [0.1, 0.15) is 18.9 Å². The zero-order valence-corrected chi connectivity index (χ0v) is 11.0. The maximum atomic E-state index is 12.3. The molecule has 0 spiro atoms. The van der Waals surface area contributed by atoms with E-state index in [1.165, 1.54) is 5.56 Å². The van der Waals surface area contributed by atoms with Crippen molar-refractivity contribution in [3.05, 3.63) is 42.5 Å². The molecule has 96 valence electrons. The minimum absolute atomic E-state index is 0.163. The lowest BCUT2D eigenvalue weighted by Gasteiger charge is -2.34. The largest absolute Gasteiger partial charge is 0.464 e. The first-order chi connectivity index (χ1) is 8.65. The zero-order chi connectivity index (χ0) is 13.2. The number of rotatable bonds is 4.